The average molecular weight is 437 g/mol. The van der Waals surface area contributed by atoms with Crippen molar-refractivity contribution < 1.29 is 14.3 Å². The molecule has 32 heavy (non-hydrogen) atoms. The van der Waals surface area contributed by atoms with Crippen LogP contribution in [0.5, 0.6) is 5.75 Å². The minimum Gasteiger partial charge on any atom is -0.495 e. The van der Waals surface area contributed by atoms with Gasteiger partial charge in [-0.15, -0.1) is 0 Å². The van der Waals surface area contributed by atoms with E-state index < -0.39 is 5.92 Å². The number of anilines is 1. The molecule has 0 radical (unpaired) electrons. The quantitative estimate of drug-likeness (QED) is 0.660. The molecule has 1 N–H and O–H groups in total. The first-order valence-electron chi connectivity index (χ1n) is 12.2. The summed E-state index contributed by atoms with van der Waals surface area (Å²) in [5.74, 6) is 1.59. The average Bonchev–Trinajstić information content (AvgIpc) is 3.18. The number of piperidine rings is 1. The lowest BCUT2D eigenvalue weighted by atomic mass is 9.49. The Morgan fingerprint density at radius 2 is 1.94 bits per heavy atom. The molecule has 5 nitrogen and oxygen atoms in total. The second-order valence-corrected chi connectivity index (χ2v) is 11.0. The first-order chi connectivity index (χ1) is 15.3. The Labute approximate surface area is 191 Å². The second-order valence-electron chi connectivity index (χ2n) is 11.0. The van der Waals surface area contributed by atoms with Crippen molar-refractivity contribution in [2.45, 2.75) is 58.8 Å². The van der Waals surface area contributed by atoms with Crippen LogP contribution in [0.25, 0.3) is 0 Å². The van der Waals surface area contributed by atoms with Gasteiger partial charge in [0.2, 0.25) is 11.8 Å². The maximum atomic E-state index is 13.4. The molecule has 2 amide bonds. The molecule has 4 aliphatic rings. The summed E-state index contributed by atoms with van der Waals surface area (Å²) in [6, 6.07) is 7.37. The van der Waals surface area contributed by atoms with Crippen molar-refractivity contribution in [2.75, 3.05) is 19.5 Å². The van der Waals surface area contributed by atoms with Gasteiger partial charge in [-0.25, -0.2) is 0 Å². The summed E-state index contributed by atoms with van der Waals surface area (Å²) in [6.07, 6.45) is 10.5. The first kappa shape index (κ1) is 21.5. The molecule has 2 saturated carbocycles. The molecule has 5 heteroatoms. The van der Waals surface area contributed by atoms with E-state index in [1.165, 1.54) is 32.1 Å². The summed E-state index contributed by atoms with van der Waals surface area (Å²) in [7, 11) is 3.45. The van der Waals surface area contributed by atoms with Gasteiger partial charge >= 0.3 is 0 Å². The highest BCUT2D eigenvalue weighted by atomic mass is 16.5. The van der Waals surface area contributed by atoms with Crippen LogP contribution in [-0.2, 0) is 9.59 Å². The van der Waals surface area contributed by atoms with Crippen LogP contribution in [0, 0.1) is 34.5 Å². The summed E-state index contributed by atoms with van der Waals surface area (Å²) in [6.45, 7) is 4.82. The van der Waals surface area contributed by atoms with Gasteiger partial charge in [0.05, 0.1) is 12.8 Å². The zero-order chi connectivity index (χ0) is 22.7. The number of para-hydroxylation sites is 2. The van der Waals surface area contributed by atoms with Gasteiger partial charge in [-0.3, -0.25) is 9.59 Å². The number of hydrogen-bond acceptors (Lipinski definition) is 3. The Morgan fingerprint density at radius 3 is 2.72 bits per heavy atom. The molecular formula is C27H36N2O3. The molecule has 0 aromatic heterocycles. The van der Waals surface area contributed by atoms with Crippen molar-refractivity contribution in [1.29, 1.82) is 0 Å². The number of hydrogen-bond donors (Lipinski definition) is 1. The van der Waals surface area contributed by atoms with E-state index in [9.17, 15) is 9.59 Å². The molecule has 5 rings (SSSR count). The topological polar surface area (TPSA) is 58.6 Å². The largest absolute Gasteiger partial charge is 0.495 e. The molecular weight excluding hydrogens is 400 g/mol. The number of allylic oxidation sites excluding steroid dienone is 2. The third-order valence-corrected chi connectivity index (χ3v) is 9.50. The predicted molar refractivity (Wildman–Crippen MR) is 125 cm³/mol. The summed E-state index contributed by atoms with van der Waals surface area (Å²) in [5.41, 5.74) is 2.10. The minimum atomic E-state index is -0.678. The van der Waals surface area contributed by atoms with E-state index in [1.807, 2.05) is 31.3 Å². The number of fused-ring (bicyclic) bond motifs is 5. The van der Waals surface area contributed by atoms with E-state index in [2.05, 4.69) is 25.2 Å². The minimum absolute atomic E-state index is 0.0962. The maximum Gasteiger partial charge on any atom is 0.239 e. The first-order valence-corrected chi connectivity index (χ1v) is 12.2. The fourth-order valence-corrected chi connectivity index (χ4v) is 7.88. The Bertz CT molecular complexity index is 971. The highest BCUT2D eigenvalue weighted by molar-refractivity contribution is 6.08. The van der Waals surface area contributed by atoms with Crippen LogP contribution >= 0.6 is 0 Å². The summed E-state index contributed by atoms with van der Waals surface area (Å²) in [4.78, 5) is 28.4. The third kappa shape index (κ3) is 3.11. The van der Waals surface area contributed by atoms with Crippen LogP contribution in [0.3, 0.4) is 0 Å². The van der Waals surface area contributed by atoms with Crippen molar-refractivity contribution in [2.24, 2.45) is 34.5 Å². The number of ether oxygens (including phenoxy) is 1. The number of carbonyl (C=O) groups is 2. The van der Waals surface area contributed by atoms with Crippen molar-refractivity contribution in [1.82, 2.24) is 4.90 Å². The molecule has 1 unspecified atom stereocenters. The zero-order valence-electron chi connectivity index (χ0n) is 19.8. The molecule has 3 aliphatic carbocycles. The number of carbonyl (C=O) groups excluding carboxylic acids is 2. The summed E-state index contributed by atoms with van der Waals surface area (Å²) < 4.78 is 5.39. The van der Waals surface area contributed by atoms with Crippen molar-refractivity contribution >= 4 is 17.5 Å². The number of likely N-dealkylation sites (tertiary alicyclic amines) is 1. The van der Waals surface area contributed by atoms with Crippen LogP contribution < -0.4 is 10.1 Å². The van der Waals surface area contributed by atoms with Crippen LogP contribution in [0.2, 0.25) is 0 Å². The highest BCUT2D eigenvalue weighted by Gasteiger charge is 2.59. The number of benzene rings is 1. The Kier molecular flexibility index (Phi) is 5.14. The van der Waals surface area contributed by atoms with Crippen molar-refractivity contribution in [3.8, 4) is 5.75 Å². The Hall–Kier alpha value is -2.30. The van der Waals surface area contributed by atoms with Gasteiger partial charge in [-0.2, -0.15) is 0 Å². The zero-order valence-corrected chi connectivity index (χ0v) is 19.8. The molecule has 1 saturated heterocycles. The lowest BCUT2D eigenvalue weighted by Crippen LogP contribution is -2.57. The lowest BCUT2D eigenvalue weighted by Gasteiger charge is -2.58. The third-order valence-electron chi connectivity index (χ3n) is 9.50. The standard InChI is InChI=1S/C27H36N2O3/c1-26-14-7-8-19(26)17-11-12-23-27(2,20(17)13-15-26)16-18(25(31)29(23)3)24(30)28-21-9-5-6-10-22(21)32-4/h5-6,9-10,12,17-20H,7-8,11,13-16H2,1-4H3,(H,28,30)/t17-,18?,19-,20+,26-,27+/m0/s1. The normalized spacial score (nSPS) is 38.3. The number of nitrogens with zero attached hydrogens (tertiary/aromatic N) is 1. The maximum absolute atomic E-state index is 13.4. The van der Waals surface area contributed by atoms with Crippen LogP contribution in [-0.4, -0.2) is 30.9 Å². The van der Waals surface area contributed by atoms with Crippen LogP contribution in [0.15, 0.2) is 36.0 Å². The highest BCUT2D eigenvalue weighted by Crippen LogP contribution is 2.64. The SMILES string of the molecule is COc1ccccc1NC(=O)C1C[C@@]2(C)C(=CC[C@@H]3[C@H]2CC[C@]2(C)CCC[C@@H]32)N(C)C1=O. The van der Waals surface area contributed by atoms with Crippen molar-refractivity contribution in [3.05, 3.63) is 36.0 Å². The summed E-state index contributed by atoms with van der Waals surface area (Å²) in [5, 5.41) is 2.98. The lowest BCUT2D eigenvalue weighted by molar-refractivity contribution is -0.147. The molecule has 6 atom stereocenters. The van der Waals surface area contributed by atoms with E-state index in [4.69, 9.17) is 4.74 Å². The monoisotopic (exact) mass is 436 g/mol. The number of nitrogens with one attached hydrogen (secondary N) is 1. The molecule has 3 fully saturated rings. The van der Waals surface area contributed by atoms with Gasteiger partial charge in [-0.05, 0) is 73.8 Å². The number of amides is 2. The van der Waals surface area contributed by atoms with E-state index >= 15 is 0 Å². The molecule has 1 heterocycles. The molecule has 1 aromatic rings. The molecule has 0 spiro atoms. The number of rotatable bonds is 3. The molecule has 172 valence electrons. The van der Waals surface area contributed by atoms with E-state index in [-0.39, 0.29) is 17.2 Å². The second kappa shape index (κ2) is 7.64. The van der Waals surface area contributed by atoms with Gasteiger partial charge < -0.3 is 15.0 Å². The Balaban J connectivity index is 1.44. The Morgan fingerprint density at radius 1 is 1.16 bits per heavy atom. The van der Waals surface area contributed by atoms with Gasteiger partial charge in [-0.1, -0.05) is 38.5 Å². The van der Waals surface area contributed by atoms with Crippen molar-refractivity contribution in [3.63, 3.8) is 0 Å². The van der Waals surface area contributed by atoms with E-state index in [0.717, 1.165) is 18.0 Å². The number of methoxy groups -OCH3 is 1. The predicted octanol–water partition coefficient (Wildman–Crippen LogP) is 5.24. The molecule has 0 bridgehead atoms. The molecule has 1 aromatic carbocycles. The molecule has 1 aliphatic heterocycles. The van der Waals surface area contributed by atoms with Crippen LogP contribution in [0.4, 0.5) is 5.69 Å². The van der Waals surface area contributed by atoms with E-state index in [1.54, 1.807) is 12.0 Å². The van der Waals surface area contributed by atoms with Gasteiger partial charge in [0.1, 0.15) is 11.7 Å². The van der Waals surface area contributed by atoms with Crippen LogP contribution in [0.1, 0.15) is 58.8 Å². The fraction of sp³-hybridized carbons (Fsp3) is 0.630. The summed E-state index contributed by atoms with van der Waals surface area (Å²) >= 11 is 0. The fourth-order valence-electron chi connectivity index (χ4n) is 7.88. The smallest absolute Gasteiger partial charge is 0.239 e. The van der Waals surface area contributed by atoms with Gasteiger partial charge in [0.25, 0.3) is 0 Å². The van der Waals surface area contributed by atoms with Gasteiger partial charge in [0, 0.05) is 18.2 Å². The van der Waals surface area contributed by atoms with Gasteiger partial charge in [0.15, 0.2) is 0 Å². The van der Waals surface area contributed by atoms with E-state index in [0.29, 0.717) is 35.1 Å².